The van der Waals surface area contributed by atoms with E-state index in [1.54, 1.807) is 13.0 Å². The lowest BCUT2D eigenvalue weighted by molar-refractivity contribution is -0.128. The van der Waals surface area contributed by atoms with E-state index in [-0.39, 0.29) is 5.56 Å². The molecular weight excluding hydrogens is 376 g/mol. The number of rotatable bonds is 7. The van der Waals surface area contributed by atoms with Crippen LogP contribution in [0.5, 0.6) is 23.0 Å². The zero-order valence-electron chi connectivity index (χ0n) is 17.4. The van der Waals surface area contributed by atoms with Gasteiger partial charge in [-0.25, -0.2) is 0 Å². The summed E-state index contributed by atoms with van der Waals surface area (Å²) in [6.07, 6.45) is -0.808. The quantitative estimate of drug-likeness (QED) is 0.691. The molecule has 8 nitrogen and oxygen atoms in total. The van der Waals surface area contributed by atoms with Crippen molar-refractivity contribution in [2.45, 2.75) is 26.9 Å². The normalized spacial score (nSPS) is 11.2. The number of methoxy groups -OCH3 is 3. The maximum Gasteiger partial charge on any atom is 0.279 e. The van der Waals surface area contributed by atoms with Crippen LogP contribution in [0.3, 0.4) is 0 Å². The second-order valence-electron chi connectivity index (χ2n) is 6.36. The molecular formula is C21H26N2O6. The minimum atomic E-state index is -0.808. The van der Waals surface area contributed by atoms with E-state index in [9.17, 15) is 9.59 Å². The SMILES string of the molecule is COc1cc(C(=O)NNC(=O)C(C)Oc2ccc(C)c(C)c2)cc(OC)c1OC. The van der Waals surface area contributed by atoms with Gasteiger partial charge in [0.05, 0.1) is 21.3 Å². The number of hydrogen-bond acceptors (Lipinski definition) is 6. The molecule has 0 aliphatic rings. The number of aryl methyl sites for hydroxylation is 2. The number of ether oxygens (including phenoxy) is 4. The van der Waals surface area contributed by atoms with Crippen LogP contribution in [0.25, 0.3) is 0 Å². The van der Waals surface area contributed by atoms with Crippen LogP contribution in [0.4, 0.5) is 0 Å². The molecule has 2 rings (SSSR count). The molecule has 0 heterocycles. The van der Waals surface area contributed by atoms with Crippen molar-refractivity contribution in [3.63, 3.8) is 0 Å². The highest BCUT2D eigenvalue weighted by Gasteiger charge is 2.19. The molecule has 0 bridgehead atoms. The minimum absolute atomic E-state index is 0.225. The third kappa shape index (κ3) is 5.31. The van der Waals surface area contributed by atoms with E-state index in [2.05, 4.69) is 10.9 Å². The number of hydrazine groups is 1. The van der Waals surface area contributed by atoms with E-state index in [0.717, 1.165) is 11.1 Å². The highest BCUT2D eigenvalue weighted by Crippen LogP contribution is 2.38. The number of hydrogen-bond donors (Lipinski definition) is 2. The number of nitrogens with one attached hydrogen (secondary N) is 2. The average Bonchev–Trinajstić information content (AvgIpc) is 2.72. The standard InChI is InChI=1S/C21H26N2O6/c1-12-7-8-16(9-13(12)2)29-14(3)20(24)22-23-21(25)15-10-17(26-4)19(28-6)18(11-15)27-5/h7-11,14H,1-6H3,(H,22,24)(H,23,25). The van der Waals surface area contributed by atoms with E-state index in [1.807, 2.05) is 26.0 Å². The first-order valence-electron chi connectivity index (χ1n) is 8.94. The van der Waals surface area contributed by atoms with E-state index in [0.29, 0.717) is 23.0 Å². The van der Waals surface area contributed by atoms with Gasteiger partial charge in [0.25, 0.3) is 11.8 Å². The summed E-state index contributed by atoms with van der Waals surface area (Å²) in [5.74, 6) is 0.558. The van der Waals surface area contributed by atoms with Crippen molar-refractivity contribution in [1.82, 2.24) is 10.9 Å². The summed E-state index contributed by atoms with van der Waals surface area (Å²) in [7, 11) is 4.37. The van der Waals surface area contributed by atoms with E-state index in [4.69, 9.17) is 18.9 Å². The predicted octanol–water partition coefficient (Wildman–Crippen LogP) is 2.56. The molecule has 0 saturated carbocycles. The van der Waals surface area contributed by atoms with Crippen molar-refractivity contribution in [2.75, 3.05) is 21.3 Å². The molecule has 0 spiro atoms. The monoisotopic (exact) mass is 402 g/mol. The van der Waals surface area contributed by atoms with Crippen LogP contribution in [0.2, 0.25) is 0 Å². The minimum Gasteiger partial charge on any atom is -0.493 e. The Morgan fingerprint density at radius 3 is 2.00 bits per heavy atom. The van der Waals surface area contributed by atoms with E-state index < -0.39 is 17.9 Å². The van der Waals surface area contributed by atoms with Crippen LogP contribution in [0.1, 0.15) is 28.4 Å². The Morgan fingerprint density at radius 1 is 0.862 bits per heavy atom. The summed E-state index contributed by atoms with van der Waals surface area (Å²) >= 11 is 0. The molecule has 0 aromatic heterocycles. The van der Waals surface area contributed by atoms with Crippen molar-refractivity contribution in [1.29, 1.82) is 0 Å². The van der Waals surface area contributed by atoms with Gasteiger partial charge in [-0.15, -0.1) is 0 Å². The number of benzene rings is 2. The molecule has 2 aromatic carbocycles. The van der Waals surface area contributed by atoms with Crippen molar-refractivity contribution in [3.05, 3.63) is 47.0 Å². The largest absolute Gasteiger partial charge is 0.493 e. The summed E-state index contributed by atoms with van der Waals surface area (Å²) in [5.41, 5.74) is 7.13. The second kappa shape index (κ2) is 9.68. The molecule has 0 aliphatic heterocycles. The molecule has 2 aromatic rings. The van der Waals surface area contributed by atoms with Crippen molar-refractivity contribution in [2.24, 2.45) is 0 Å². The zero-order chi connectivity index (χ0) is 21.6. The molecule has 2 amide bonds. The third-order valence-electron chi connectivity index (χ3n) is 4.39. The van der Waals surface area contributed by atoms with Gasteiger partial charge in [0.1, 0.15) is 5.75 Å². The molecule has 1 unspecified atom stereocenters. The first kappa shape index (κ1) is 21.9. The van der Waals surface area contributed by atoms with E-state index in [1.165, 1.54) is 33.5 Å². The highest BCUT2D eigenvalue weighted by atomic mass is 16.5. The lowest BCUT2D eigenvalue weighted by Crippen LogP contribution is -2.47. The summed E-state index contributed by atoms with van der Waals surface area (Å²) < 4.78 is 21.3. The molecule has 1 atom stereocenters. The van der Waals surface area contributed by atoms with Crippen LogP contribution in [0.15, 0.2) is 30.3 Å². The zero-order valence-corrected chi connectivity index (χ0v) is 17.4. The van der Waals surface area contributed by atoms with E-state index >= 15 is 0 Å². The Bertz CT molecular complexity index is 872. The Morgan fingerprint density at radius 2 is 1.48 bits per heavy atom. The maximum atomic E-state index is 12.4. The van der Waals surface area contributed by atoms with Crippen LogP contribution >= 0.6 is 0 Å². The topological polar surface area (TPSA) is 95.1 Å². The van der Waals surface area contributed by atoms with Gasteiger partial charge in [0.2, 0.25) is 5.75 Å². The highest BCUT2D eigenvalue weighted by molar-refractivity contribution is 5.97. The van der Waals surface area contributed by atoms with Crippen LogP contribution in [-0.4, -0.2) is 39.2 Å². The fraction of sp³-hybridized carbons (Fsp3) is 0.333. The predicted molar refractivity (Wildman–Crippen MR) is 108 cm³/mol. The molecule has 2 N–H and O–H groups in total. The Hall–Kier alpha value is -3.42. The molecule has 8 heteroatoms. The fourth-order valence-electron chi connectivity index (χ4n) is 2.55. The van der Waals surface area contributed by atoms with Crippen molar-refractivity contribution >= 4 is 11.8 Å². The van der Waals surface area contributed by atoms with Gasteiger partial charge < -0.3 is 18.9 Å². The van der Waals surface area contributed by atoms with Crippen LogP contribution in [-0.2, 0) is 4.79 Å². The Balaban J connectivity index is 2.02. The molecule has 0 radical (unpaired) electrons. The maximum absolute atomic E-state index is 12.4. The molecule has 29 heavy (non-hydrogen) atoms. The average molecular weight is 402 g/mol. The molecule has 156 valence electrons. The van der Waals surface area contributed by atoms with Crippen LogP contribution in [0, 0.1) is 13.8 Å². The number of carbonyl (C=O) groups is 2. The van der Waals surface area contributed by atoms with Crippen molar-refractivity contribution in [3.8, 4) is 23.0 Å². The van der Waals surface area contributed by atoms with Gasteiger partial charge in [0.15, 0.2) is 17.6 Å². The molecule has 0 fully saturated rings. The van der Waals surface area contributed by atoms with Gasteiger partial charge in [-0.05, 0) is 56.2 Å². The van der Waals surface area contributed by atoms with Crippen molar-refractivity contribution < 1.29 is 28.5 Å². The Kier molecular flexibility index (Phi) is 7.30. The van der Waals surface area contributed by atoms with Gasteiger partial charge >= 0.3 is 0 Å². The summed E-state index contributed by atoms with van der Waals surface area (Å²) in [6, 6.07) is 8.53. The summed E-state index contributed by atoms with van der Waals surface area (Å²) in [6.45, 7) is 5.55. The first-order valence-corrected chi connectivity index (χ1v) is 8.94. The van der Waals surface area contributed by atoms with Gasteiger partial charge in [-0.3, -0.25) is 20.4 Å². The smallest absolute Gasteiger partial charge is 0.279 e. The fourth-order valence-corrected chi connectivity index (χ4v) is 2.55. The van der Waals surface area contributed by atoms with Gasteiger partial charge in [0, 0.05) is 5.56 Å². The third-order valence-corrected chi connectivity index (χ3v) is 4.39. The van der Waals surface area contributed by atoms with Gasteiger partial charge in [-0.1, -0.05) is 6.07 Å². The molecule has 0 aliphatic carbocycles. The summed E-state index contributed by atoms with van der Waals surface area (Å²) in [4.78, 5) is 24.7. The van der Waals surface area contributed by atoms with Crippen LogP contribution < -0.4 is 29.8 Å². The number of carbonyl (C=O) groups excluding carboxylic acids is 2. The van der Waals surface area contributed by atoms with Gasteiger partial charge in [-0.2, -0.15) is 0 Å². The number of amides is 2. The summed E-state index contributed by atoms with van der Waals surface area (Å²) in [5, 5.41) is 0. The Labute approximate surface area is 170 Å². The molecule has 0 saturated heterocycles. The lowest BCUT2D eigenvalue weighted by Gasteiger charge is -2.17. The first-order chi connectivity index (χ1) is 13.8. The lowest BCUT2D eigenvalue weighted by atomic mass is 10.1. The second-order valence-corrected chi connectivity index (χ2v) is 6.36.